The van der Waals surface area contributed by atoms with Crippen molar-refractivity contribution in [2.75, 3.05) is 5.32 Å². The molecule has 164 valence electrons. The number of H-pyrrole nitrogens is 1. The van der Waals surface area contributed by atoms with Crippen LogP contribution in [0.15, 0.2) is 65.6 Å². The summed E-state index contributed by atoms with van der Waals surface area (Å²) in [5.41, 5.74) is 1.60. The lowest BCUT2D eigenvalue weighted by Crippen LogP contribution is -2.19. The lowest BCUT2D eigenvalue weighted by Gasteiger charge is -2.09. The van der Waals surface area contributed by atoms with Gasteiger partial charge in [-0.15, -0.1) is 0 Å². The molecule has 0 aliphatic carbocycles. The molecule has 0 fully saturated rings. The van der Waals surface area contributed by atoms with Crippen LogP contribution in [-0.2, 0) is 0 Å². The summed E-state index contributed by atoms with van der Waals surface area (Å²) < 4.78 is 2.88. The number of rotatable bonds is 4. The Morgan fingerprint density at radius 3 is 2.58 bits per heavy atom. The Labute approximate surface area is 196 Å². The number of amides is 1. The largest absolute Gasteiger partial charge is 0.306 e. The standard InChI is InChI=1S/C22H15Cl2N7O2/c1-12-9-18(26-20(32)13-5-7-14(23)8-6-13)31(29-12)22-27-19-17(21(33)28-22)11-25-30(19)16-4-2-3-15(24)10-16/h2-11H,1H3,(H,26,32)(H,27,28,33). The smallest absolute Gasteiger partial charge is 0.263 e. The summed E-state index contributed by atoms with van der Waals surface area (Å²) in [7, 11) is 0. The molecule has 2 N–H and O–H groups in total. The monoisotopic (exact) mass is 479 g/mol. The number of anilines is 1. The van der Waals surface area contributed by atoms with Crippen molar-refractivity contribution in [1.82, 2.24) is 29.5 Å². The van der Waals surface area contributed by atoms with Crippen molar-refractivity contribution in [2.24, 2.45) is 0 Å². The van der Waals surface area contributed by atoms with Crippen LogP contribution in [0.1, 0.15) is 16.1 Å². The minimum absolute atomic E-state index is 0.121. The summed E-state index contributed by atoms with van der Waals surface area (Å²) in [5, 5.41) is 12.8. The normalized spacial score (nSPS) is 11.1. The van der Waals surface area contributed by atoms with Crippen molar-refractivity contribution in [3.05, 3.63) is 92.5 Å². The molecule has 33 heavy (non-hydrogen) atoms. The molecule has 3 heterocycles. The van der Waals surface area contributed by atoms with Crippen molar-refractivity contribution in [2.45, 2.75) is 6.92 Å². The molecular formula is C22H15Cl2N7O2. The Bertz CT molecular complexity index is 1570. The highest BCUT2D eigenvalue weighted by atomic mass is 35.5. The molecule has 5 aromatic rings. The number of fused-ring (bicyclic) bond motifs is 1. The summed E-state index contributed by atoms with van der Waals surface area (Å²) >= 11 is 12.0. The highest BCUT2D eigenvalue weighted by Gasteiger charge is 2.17. The fraction of sp³-hybridized carbons (Fsp3) is 0.0455. The first-order valence-electron chi connectivity index (χ1n) is 9.77. The van der Waals surface area contributed by atoms with E-state index in [0.717, 1.165) is 0 Å². The van der Waals surface area contributed by atoms with E-state index >= 15 is 0 Å². The first-order valence-corrected chi connectivity index (χ1v) is 10.5. The van der Waals surface area contributed by atoms with E-state index < -0.39 is 5.56 Å². The van der Waals surface area contributed by atoms with E-state index in [1.54, 1.807) is 61.5 Å². The SMILES string of the molecule is Cc1cc(NC(=O)c2ccc(Cl)cc2)n(-c2nc3c(cnn3-c3cccc(Cl)c3)c(=O)[nH]2)n1. The predicted octanol–water partition coefficient (Wildman–Crippen LogP) is 4.16. The highest BCUT2D eigenvalue weighted by Crippen LogP contribution is 2.20. The number of benzene rings is 2. The van der Waals surface area contributed by atoms with Crippen molar-refractivity contribution in [1.29, 1.82) is 0 Å². The molecule has 0 radical (unpaired) electrons. The Kier molecular flexibility index (Phi) is 5.20. The lowest BCUT2D eigenvalue weighted by atomic mass is 10.2. The average Bonchev–Trinajstić information content (AvgIpc) is 3.37. The maximum Gasteiger partial charge on any atom is 0.263 e. The zero-order chi connectivity index (χ0) is 23.1. The van der Waals surface area contributed by atoms with Crippen molar-refractivity contribution in [3.8, 4) is 11.6 Å². The minimum atomic E-state index is -0.397. The summed E-state index contributed by atoms with van der Waals surface area (Å²) in [6.07, 6.45) is 1.43. The number of carbonyl (C=O) groups excluding carboxylic acids is 1. The van der Waals surface area contributed by atoms with Crippen LogP contribution in [0.5, 0.6) is 0 Å². The van der Waals surface area contributed by atoms with E-state index in [9.17, 15) is 9.59 Å². The second-order valence-corrected chi connectivity index (χ2v) is 8.08. The van der Waals surface area contributed by atoms with Gasteiger partial charge in [-0.25, -0.2) is 4.68 Å². The molecule has 0 saturated heterocycles. The molecular weight excluding hydrogens is 465 g/mol. The molecule has 9 nitrogen and oxygen atoms in total. The Hall–Kier alpha value is -3.95. The van der Waals surface area contributed by atoms with Crippen LogP contribution in [0, 0.1) is 6.92 Å². The van der Waals surface area contributed by atoms with E-state index in [4.69, 9.17) is 23.2 Å². The van der Waals surface area contributed by atoms with Gasteiger partial charge in [0.25, 0.3) is 11.5 Å². The molecule has 0 bridgehead atoms. The van der Waals surface area contributed by atoms with E-state index in [0.29, 0.717) is 43.8 Å². The van der Waals surface area contributed by atoms with Gasteiger partial charge in [0, 0.05) is 21.7 Å². The van der Waals surface area contributed by atoms with Gasteiger partial charge in [0.1, 0.15) is 11.2 Å². The number of aromatic nitrogens is 6. The fourth-order valence-electron chi connectivity index (χ4n) is 3.34. The van der Waals surface area contributed by atoms with Crippen LogP contribution >= 0.6 is 23.2 Å². The number of hydrogen-bond acceptors (Lipinski definition) is 5. The van der Waals surface area contributed by atoms with Gasteiger partial charge in [-0.1, -0.05) is 29.3 Å². The van der Waals surface area contributed by atoms with Gasteiger partial charge in [0.15, 0.2) is 5.65 Å². The molecule has 3 aromatic heterocycles. The Balaban J connectivity index is 1.58. The third-order valence-corrected chi connectivity index (χ3v) is 5.35. The number of hydrogen-bond donors (Lipinski definition) is 2. The maximum absolute atomic E-state index is 12.8. The number of aromatic amines is 1. The minimum Gasteiger partial charge on any atom is -0.306 e. The number of nitrogens with one attached hydrogen (secondary N) is 2. The maximum atomic E-state index is 12.8. The highest BCUT2D eigenvalue weighted by molar-refractivity contribution is 6.31. The quantitative estimate of drug-likeness (QED) is 0.401. The number of carbonyl (C=O) groups is 1. The van der Waals surface area contributed by atoms with Crippen molar-refractivity contribution in [3.63, 3.8) is 0 Å². The molecule has 11 heteroatoms. The molecule has 0 spiro atoms. The number of aryl methyl sites for hydroxylation is 1. The summed E-state index contributed by atoms with van der Waals surface area (Å²) in [5.74, 6) is 0.0970. The van der Waals surface area contributed by atoms with Crippen molar-refractivity contribution < 1.29 is 4.79 Å². The number of halogens is 2. The lowest BCUT2D eigenvalue weighted by molar-refractivity contribution is 0.102. The van der Waals surface area contributed by atoms with Crippen LogP contribution in [-0.4, -0.2) is 35.4 Å². The Morgan fingerprint density at radius 2 is 1.82 bits per heavy atom. The average molecular weight is 480 g/mol. The molecule has 0 aliphatic heterocycles. The molecule has 0 saturated carbocycles. The first-order chi connectivity index (χ1) is 15.9. The zero-order valence-electron chi connectivity index (χ0n) is 17.1. The van der Waals surface area contributed by atoms with Crippen molar-refractivity contribution >= 4 is 46.0 Å². The van der Waals surface area contributed by atoms with Gasteiger partial charge in [-0.3, -0.25) is 14.6 Å². The summed E-state index contributed by atoms with van der Waals surface area (Å²) in [6.45, 7) is 1.77. The van der Waals surface area contributed by atoms with E-state index in [-0.39, 0.29) is 11.9 Å². The molecule has 2 aromatic carbocycles. The molecule has 5 rings (SSSR count). The second kappa shape index (κ2) is 8.19. The van der Waals surface area contributed by atoms with Gasteiger partial charge in [0.2, 0.25) is 5.95 Å². The van der Waals surface area contributed by atoms with E-state index in [2.05, 4.69) is 25.5 Å². The van der Waals surface area contributed by atoms with Crippen LogP contribution < -0.4 is 10.9 Å². The second-order valence-electron chi connectivity index (χ2n) is 7.21. The molecule has 0 aliphatic rings. The predicted molar refractivity (Wildman–Crippen MR) is 126 cm³/mol. The van der Waals surface area contributed by atoms with Gasteiger partial charge < -0.3 is 5.32 Å². The van der Waals surface area contributed by atoms with Crippen LogP contribution in [0.2, 0.25) is 10.0 Å². The summed E-state index contributed by atoms with van der Waals surface area (Å²) in [4.78, 5) is 32.7. The van der Waals surface area contributed by atoms with Crippen LogP contribution in [0.25, 0.3) is 22.7 Å². The topological polar surface area (TPSA) is 110 Å². The van der Waals surface area contributed by atoms with Gasteiger partial charge >= 0.3 is 0 Å². The zero-order valence-corrected chi connectivity index (χ0v) is 18.6. The Morgan fingerprint density at radius 1 is 1.03 bits per heavy atom. The first kappa shape index (κ1) is 20.9. The molecule has 0 atom stereocenters. The number of nitrogens with zero attached hydrogens (tertiary/aromatic N) is 5. The van der Waals surface area contributed by atoms with Gasteiger partial charge in [0.05, 0.1) is 17.6 Å². The van der Waals surface area contributed by atoms with E-state index in [1.807, 2.05) is 0 Å². The fourth-order valence-corrected chi connectivity index (χ4v) is 3.65. The third kappa shape index (κ3) is 3.99. The molecule has 0 unspecified atom stereocenters. The van der Waals surface area contributed by atoms with Crippen LogP contribution in [0.4, 0.5) is 5.82 Å². The summed E-state index contributed by atoms with van der Waals surface area (Å²) in [6, 6.07) is 15.2. The van der Waals surface area contributed by atoms with Gasteiger partial charge in [-0.05, 0) is 49.4 Å². The van der Waals surface area contributed by atoms with Gasteiger partial charge in [-0.2, -0.15) is 19.9 Å². The van der Waals surface area contributed by atoms with Crippen LogP contribution in [0.3, 0.4) is 0 Å². The third-order valence-electron chi connectivity index (χ3n) is 4.86. The van der Waals surface area contributed by atoms with E-state index in [1.165, 1.54) is 15.6 Å². The molecule has 1 amide bonds.